The van der Waals surface area contributed by atoms with Crippen LogP contribution < -0.4 is 0 Å². The Labute approximate surface area is 147 Å². The molecule has 1 saturated carbocycles. The Bertz CT molecular complexity index is 804. The number of hydrogen-bond acceptors (Lipinski definition) is 4. The number of phenolic OH excluding ortho intramolecular Hbond substituents is 1. The van der Waals surface area contributed by atoms with Crippen molar-refractivity contribution in [1.29, 1.82) is 0 Å². The van der Waals surface area contributed by atoms with Gasteiger partial charge in [0.2, 0.25) is 0 Å². The van der Waals surface area contributed by atoms with E-state index >= 15 is 0 Å². The van der Waals surface area contributed by atoms with Gasteiger partial charge < -0.3 is 14.9 Å². The summed E-state index contributed by atoms with van der Waals surface area (Å²) in [4.78, 5) is 11.9. The molecule has 1 unspecified atom stereocenters. The Kier molecular flexibility index (Phi) is 3.15. The lowest BCUT2D eigenvalue weighted by Crippen LogP contribution is -2.42. The van der Waals surface area contributed by atoms with Gasteiger partial charge in [0.25, 0.3) is 0 Å². The summed E-state index contributed by atoms with van der Waals surface area (Å²) in [5.41, 5.74) is 4.50. The van der Waals surface area contributed by atoms with Crippen LogP contribution >= 0.6 is 0 Å². The third-order valence-electron chi connectivity index (χ3n) is 6.99. The number of rotatable bonds is 2. The maximum Gasteiger partial charge on any atom is 0.334 e. The molecule has 4 heteroatoms. The Hall–Kier alpha value is -1.81. The fraction of sp³-hybridized carbons (Fsp3) is 0.571. The molecular formula is C21H24O4. The fourth-order valence-corrected chi connectivity index (χ4v) is 5.32. The third-order valence-corrected chi connectivity index (χ3v) is 6.99. The Balaban J connectivity index is 1.61. The van der Waals surface area contributed by atoms with Crippen molar-refractivity contribution in [2.45, 2.75) is 57.0 Å². The summed E-state index contributed by atoms with van der Waals surface area (Å²) >= 11 is 0. The Morgan fingerprint density at radius 3 is 2.88 bits per heavy atom. The summed E-state index contributed by atoms with van der Waals surface area (Å²) in [7, 11) is 0. The van der Waals surface area contributed by atoms with E-state index in [-0.39, 0.29) is 17.3 Å². The van der Waals surface area contributed by atoms with E-state index in [0.717, 1.165) is 47.1 Å². The standard InChI is InChI=1S/C21H24O4/c1-21-7-6-13-14(10-25-20(13)24)16(21)9-17(22)18-15(21)5-4-12(19(18)23)8-11-2-3-11/h4-5,11,16-17,22-23H,2-3,6-10H2,1H3/t16?,17-,21+/m0/s1. The van der Waals surface area contributed by atoms with Gasteiger partial charge in [-0.2, -0.15) is 0 Å². The quantitative estimate of drug-likeness (QED) is 0.811. The molecule has 1 aromatic carbocycles. The third kappa shape index (κ3) is 2.13. The van der Waals surface area contributed by atoms with Crippen LogP contribution in [0.25, 0.3) is 0 Å². The SMILES string of the molecule is C[C@]12CCC3=C(COC3=O)C1C[C@H](O)c1c2ccc(CC2CC2)c1O. The largest absolute Gasteiger partial charge is 0.507 e. The average molecular weight is 340 g/mol. The van der Waals surface area contributed by atoms with Crippen molar-refractivity contribution in [3.63, 3.8) is 0 Å². The summed E-state index contributed by atoms with van der Waals surface area (Å²) in [6.07, 6.45) is 4.83. The molecule has 4 nitrogen and oxygen atoms in total. The molecule has 0 amide bonds. The Morgan fingerprint density at radius 1 is 1.32 bits per heavy atom. The molecule has 4 aliphatic rings. The number of esters is 1. The molecule has 2 N–H and O–H groups in total. The molecule has 0 radical (unpaired) electrons. The highest BCUT2D eigenvalue weighted by atomic mass is 16.5. The molecule has 1 heterocycles. The second kappa shape index (κ2) is 5.10. The summed E-state index contributed by atoms with van der Waals surface area (Å²) < 4.78 is 5.27. The van der Waals surface area contributed by atoms with Crippen molar-refractivity contribution in [3.8, 4) is 5.75 Å². The zero-order valence-electron chi connectivity index (χ0n) is 14.5. The number of aliphatic hydroxyl groups excluding tert-OH is 1. The van der Waals surface area contributed by atoms with Crippen molar-refractivity contribution < 1.29 is 19.7 Å². The predicted octanol–water partition coefficient (Wildman–Crippen LogP) is 3.30. The van der Waals surface area contributed by atoms with Gasteiger partial charge in [-0.3, -0.25) is 0 Å². The predicted molar refractivity (Wildman–Crippen MR) is 92.2 cm³/mol. The number of carbonyl (C=O) groups excluding carboxylic acids is 1. The van der Waals surface area contributed by atoms with E-state index in [4.69, 9.17) is 4.74 Å². The molecule has 0 spiro atoms. The highest BCUT2D eigenvalue weighted by Crippen LogP contribution is 2.57. The monoisotopic (exact) mass is 340 g/mol. The first-order valence-electron chi connectivity index (χ1n) is 9.41. The van der Waals surface area contributed by atoms with Crippen LogP contribution in [0.3, 0.4) is 0 Å². The van der Waals surface area contributed by atoms with Gasteiger partial charge >= 0.3 is 5.97 Å². The van der Waals surface area contributed by atoms with Crippen molar-refractivity contribution in [2.24, 2.45) is 11.8 Å². The number of benzene rings is 1. The highest BCUT2D eigenvalue weighted by molar-refractivity contribution is 5.92. The van der Waals surface area contributed by atoms with Gasteiger partial charge in [0.15, 0.2) is 0 Å². The lowest BCUT2D eigenvalue weighted by molar-refractivity contribution is -0.136. The molecule has 3 aliphatic carbocycles. The van der Waals surface area contributed by atoms with E-state index in [1.807, 2.05) is 6.07 Å². The molecular weight excluding hydrogens is 316 g/mol. The van der Waals surface area contributed by atoms with Gasteiger partial charge in [0.05, 0.1) is 6.10 Å². The van der Waals surface area contributed by atoms with Gasteiger partial charge in [-0.1, -0.05) is 19.1 Å². The summed E-state index contributed by atoms with van der Waals surface area (Å²) in [5, 5.41) is 21.7. The second-order valence-electron chi connectivity index (χ2n) is 8.48. The number of hydrogen-bond donors (Lipinski definition) is 2. The number of carbonyl (C=O) groups is 1. The molecule has 0 aromatic heterocycles. The van der Waals surface area contributed by atoms with Gasteiger partial charge in [-0.05, 0) is 67.1 Å². The molecule has 1 aromatic rings. The maximum absolute atomic E-state index is 11.9. The van der Waals surface area contributed by atoms with Crippen molar-refractivity contribution in [3.05, 3.63) is 40.0 Å². The van der Waals surface area contributed by atoms with Crippen molar-refractivity contribution >= 4 is 5.97 Å². The molecule has 132 valence electrons. The number of fused-ring (bicyclic) bond motifs is 4. The minimum absolute atomic E-state index is 0.110. The fourth-order valence-electron chi connectivity index (χ4n) is 5.32. The summed E-state index contributed by atoms with van der Waals surface area (Å²) in [6.45, 7) is 2.58. The van der Waals surface area contributed by atoms with Crippen LogP contribution in [-0.4, -0.2) is 22.8 Å². The first kappa shape index (κ1) is 15.4. The first-order valence-corrected chi connectivity index (χ1v) is 9.41. The van der Waals surface area contributed by atoms with E-state index in [0.29, 0.717) is 24.7 Å². The van der Waals surface area contributed by atoms with Gasteiger partial charge in [-0.25, -0.2) is 4.79 Å². The number of phenols is 1. The minimum Gasteiger partial charge on any atom is -0.507 e. The molecule has 25 heavy (non-hydrogen) atoms. The van der Waals surface area contributed by atoms with Crippen LogP contribution in [0.2, 0.25) is 0 Å². The van der Waals surface area contributed by atoms with Crippen LogP contribution in [-0.2, 0) is 21.4 Å². The average Bonchev–Trinajstić information content (AvgIpc) is 3.32. The lowest BCUT2D eigenvalue weighted by Gasteiger charge is -2.48. The number of cyclic esters (lactones) is 1. The van der Waals surface area contributed by atoms with Crippen LogP contribution in [0.4, 0.5) is 0 Å². The zero-order chi connectivity index (χ0) is 17.3. The molecule has 0 bridgehead atoms. The summed E-state index contributed by atoms with van der Waals surface area (Å²) in [5.74, 6) is 0.922. The zero-order valence-corrected chi connectivity index (χ0v) is 14.5. The molecule has 0 saturated heterocycles. The van der Waals surface area contributed by atoms with Crippen LogP contribution in [0.15, 0.2) is 23.3 Å². The van der Waals surface area contributed by atoms with E-state index in [9.17, 15) is 15.0 Å². The summed E-state index contributed by atoms with van der Waals surface area (Å²) in [6, 6.07) is 4.17. The van der Waals surface area contributed by atoms with Crippen LogP contribution in [0, 0.1) is 11.8 Å². The smallest absolute Gasteiger partial charge is 0.334 e. The van der Waals surface area contributed by atoms with Crippen LogP contribution in [0.1, 0.15) is 61.8 Å². The maximum atomic E-state index is 11.9. The van der Waals surface area contributed by atoms with E-state index < -0.39 is 6.10 Å². The van der Waals surface area contributed by atoms with Crippen LogP contribution in [0.5, 0.6) is 5.75 Å². The van der Waals surface area contributed by atoms with E-state index in [1.165, 1.54) is 12.8 Å². The number of aliphatic hydroxyl groups is 1. The van der Waals surface area contributed by atoms with Crippen molar-refractivity contribution in [2.75, 3.05) is 6.61 Å². The van der Waals surface area contributed by atoms with E-state index in [2.05, 4.69) is 13.0 Å². The second-order valence-corrected chi connectivity index (χ2v) is 8.48. The molecule has 1 aliphatic heterocycles. The topological polar surface area (TPSA) is 66.8 Å². The highest BCUT2D eigenvalue weighted by Gasteiger charge is 2.51. The van der Waals surface area contributed by atoms with Gasteiger partial charge in [0.1, 0.15) is 12.4 Å². The van der Waals surface area contributed by atoms with E-state index in [1.54, 1.807) is 0 Å². The van der Waals surface area contributed by atoms with Gasteiger partial charge in [-0.15, -0.1) is 0 Å². The molecule has 5 rings (SSSR count). The normalized spacial score (nSPS) is 33.6. The molecule has 3 atom stereocenters. The van der Waals surface area contributed by atoms with Crippen molar-refractivity contribution in [1.82, 2.24) is 0 Å². The minimum atomic E-state index is -0.685. The lowest BCUT2D eigenvalue weighted by atomic mass is 9.56. The number of aromatic hydroxyl groups is 1. The molecule has 1 fully saturated rings. The number of ether oxygens (including phenoxy) is 1. The first-order chi connectivity index (χ1) is 12.0. The van der Waals surface area contributed by atoms with Gasteiger partial charge in [0, 0.05) is 16.6 Å². The Morgan fingerprint density at radius 2 is 2.12 bits per heavy atom.